The Morgan fingerprint density at radius 3 is 2.28 bits per heavy atom. The fourth-order valence-corrected chi connectivity index (χ4v) is 3.66. The standard InChI is InChI=1S/C23H18N2O3S/c1-29-23-24-19(18-14-8-9-15-25(18)23)22(27)28-21(17-12-6-3-7-13-17)20(26)16-10-4-2-5-11-16/h2-15,21H,1H3. The average Bonchev–Trinajstić information content (AvgIpc) is 3.17. The number of esters is 1. The minimum absolute atomic E-state index is 0.191. The lowest BCUT2D eigenvalue weighted by atomic mass is 10.00. The molecule has 4 aromatic rings. The molecule has 0 saturated heterocycles. The summed E-state index contributed by atoms with van der Waals surface area (Å²) in [6.07, 6.45) is 2.68. The SMILES string of the molecule is CSc1nc(C(=O)OC(C(=O)c2ccccc2)c2ccccc2)c2ccccn12. The fraction of sp³-hybridized carbons (Fsp3) is 0.0870. The van der Waals surface area contributed by atoms with Crippen molar-refractivity contribution in [2.24, 2.45) is 0 Å². The molecule has 0 fully saturated rings. The number of imidazole rings is 1. The topological polar surface area (TPSA) is 60.7 Å². The Morgan fingerprint density at radius 2 is 1.59 bits per heavy atom. The number of fused-ring (bicyclic) bond motifs is 1. The molecule has 29 heavy (non-hydrogen) atoms. The van der Waals surface area contributed by atoms with Gasteiger partial charge in [-0.3, -0.25) is 9.20 Å². The Balaban J connectivity index is 1.72. The number of aromatic nitrogens is 2. The highest BCUT2D eigenvalue weighted by molar-refractivity contribution is 7.98. The van der Waals surface area contributed by atoms with Crippen LogP contribution in [0.15, 0.2) is 90.2 Å². The van der Waals surface area contributed by atoms with Crippen LogP contribution in [0.3, 0.4) is 0 Å². The molecule has 2 aromatic heterocycles. The van der Waals surface area contributed by atoms with Crippen molar-refractivity contribution in [2.45, 2.75) is 11.3 Å². The summed E-state index contributed by atoms with van der Waals surface area (Å²) in [6.45, 7) is 0. The van der Waals surface area contributed by atoms with E-state index in [1.807, 2.05) is 53.3 Å². The second-order valence-corrected chi connectivity index (χ2v) is 7.10. The third-order valence-corrected chi connectivity index (χ3v) is 5.17. The molecule has 0 aliphatic rings. The molecule has 144 valence electrons. The normalized spacial score (nSPS) is 11.9. The van der Waals surface area contributed by atoms with Gasteiger partial charge in [0.1, 0.15) is 0 Å². The van der Waals surface area contributed by atoms with Crippen LogP contribution in [-0.4, -0.2) is 27.4 Å². The zero-order valence-electron chi connectivity index (χ0n) is 15.7. The van der Waals surface area contributed by atoms with Gasteiger partial charge in [-0.15, -0.1) is 0 Å². The monoisotopic (exact) mass is 402 g/mol. The van der Waals surface area contributed by atoms with Gasteiger partial charge >= 0.3 is 5.97 Å². The molecule has 0 N–H and O–H groups in total. The predicted octanol–water partition coefficient (Wildman–Crippen LogP) is 4.84. The number of pyridine rings is 1. The van der Waals surface area contributed by atoms with Gasteiger partial charge in [0.2, 0.25) is 5.78 Å². The average molecular weight is 402 g/mol. The van der Waals surface area contributed by atoms with E-state index in [0.717, 1.165) is 0 Å². The maximum atomic E-state index is 13.1. The maximum absolute atomic E-state index is 13.1. The van der Waals surface area contributed by atoms with E-state index >= 15 is 0 Å². The Kier molecular flexibility index (Phi) is 5.44. The number of nitrogens with zero attached hydrogens (tertiary/aromatic N) is 2. The van der Waals surface area contributed by atoms with Crippen LogP contribution in [0.2, 0.25) is 0 Å². The van der Waals surface area contributed by atoms with Crippen LogP contribution in [0, 0.1) is 0 Å². The molecule has 0 radical (unpaired) electrons. The molecule has 0 spiro atoms. The minimum atomic E-state index is -1.05. The Labute approximate surface area is 172 Å². The van der Waals surface area contributed by atoms with E-state index in [9.17, 15) is 9.59 Å². The van der Waals surface area contributed by atoms with Crippen LogP contribution in [0.1, 0.15) is 32.5 Å². The van der Waals surface area contributed by atoms with E-state index in [2.05, 4.69) is 4.98 Å². The number of hydrogen-bond donors (Lipinski definition) is 0. The molecule has 0 aliphatic carbocycles. The number of hydrogen-bond acceptors (Lipinski definition) is 5. The van der Waals surface area contributed by atoms with Gasteiger partial charge in [-0.2, -0.15) is 0 Å². The molecular weight excluding hydrogens is 384 g/mol. The summed E-state index contributed by atoms with van der Waals surface area (Å²) >= 11 is 1.43. The second-order valence-electron chi connectivity index (χ2n) is 6.33. The van der Waals surface area contributed by atoms with E-state index in [1.165, 1.54) is 11.8 Å². The summed E-state index contributed by atoms with van der Waals surface area (Å²) in [5.41, 5.74) is 1.93. The van der Waals surface area contributed by atoms with Gasteiger partial charge in [0.25, 0.3) is 0 Å². The van der Waals surface area contributed by atoms with Crippen LogP contribution in [0.4, 0.5) is 0 Å². The quantitative estimate of drug-likeness (QED) is 0.262. The Hall–Kier alpha value is -3.38. The second kappa shape index (κ2) is 8.32. The number of rotatable bonds is 6. The van der Waals surface area contributed by atoms with E-state index in [1.54, 1.807) is 42.5 Å². The van der Waals surface area contributed by atoms with Crippen LogP contribution >= 0.6 is 11.8 Å². The van der Waals surface area contributed by atoms with E-state index < -0.39 is 12.1 Å². The molecule has 1 unspecified atom stereocenters. The van der Waals surface area contributed by atoms with Crippen molar-refractivity contribution in [1.82, 2.24) is 9.38 Å². The lowest BCUT2D eigenvalue weighted by Gasteiger charge is -2.17. The first kappa shape index (κ1) is 19.0. The van der Waals surface area contributed by atoms with Crippen LogP contribution in [0.5, 0.6) is 0 Å². The van der Waals surface area contributed by atoms with Gasteiger partial charge < -0.3 is 4.74 Å². The highest BCUT2D eigenvalue weighted by Crippen LogP contribution is 2.26. The fourth-order valence-electron chi connectivity index (χ4n) is 3.12. The number of ether oxygens (including phenoxy) is 1. The van der Waals surface area contributed by atoms with E-state index in [-0.39, 0.29) is 11.5 Å². The summed E-state index contributed by atoms with van der Waals surface area (Å²) in [6, 6.07) is 23.4. The number of carbonyl (C=O) groups excluding carboxylic acids is 2. The van der Waals surface area contributed by atoms with Gasteiger partial charge in [-0.1, -0.05) is 78.5 Å². The molecule has 2 heterocycles. The van der Waals surface area contributed by atoms with Gasteiger partial charge in [0.15, 0.2) is 17.0 Å². The third kappa shape index (κ3) is 3.79. The molecule has 6 heteroatoms. The zero-order valence-corrected chi connectivity index (χ0v) is 16.5. The summed E-state index contributed by atoms with van der Waals surface area (Å²) in [7, 11) is 0. The van der Waals surface area contributed by atoms with Gasteiger partial charge in [0, 0.05) is 17.3 Å². The lowest BCUT2D eigenvalue weighted by Crippen LogP contribution is -2.20. The molecule has 0 saturated carbocycles. The molecule has 4 rings (SSSR count). The highest BCUT2D eigenvalue weighted by Gasteiger charge is 2.28. The molecule has 5 nitrogen and oxygen atoms in total. The van der Waals surface area contributed by atoms with Crippen molar-refractivity contribution in [1.29, 1.82) is 0 Å². The van der Waals surface area contributed by atoms with Crippen molar-refractivity contribution >= 4 is 29.0 Å². The first-order chi connectivity index (χ1) is 14.2. The summed E-state index contributed by atoms with van der Waals surface area (Å²) in [5.74, 6) is -0.911. The van der Waals surface area contributed by atoms with Crippen LogP contribution in [0.25, 0.3) is 5.52 Å². The number of ketones is 1. The van der Waals surface area contributed by atoms with Gasteiger partial charge in [0.05, 0.1) is 5.52 Å². The first-order valence-electron chi connectivity index (χ1n) is 9.05. The smallest absolute Gasteiger partial charge is 0.360 e. The zero-order chi connectivity index (χ0) is 20.2. The largest absolute Gasteiger partial charge is 0.444 e. The summed E-state index contributed by atoms with van der Waals surface area (Å²) in [4.78, 5) is 30.6. The molecule has 0 bridgehead atoms. The number of carbonyl (C=O) groups is 2. The van der Waals surface area contributed by atoms with Crippen molar-refractivity contribution in [3.63, 3.8) is 0 Å². The third-order valence-electron chi connectivity index (χ3n) is 4.52. The maximum Gasteiger partial charge on any atom is 0.360 e. The lowest BCUT2D eigenvalue weighted by molar-refractivity contribution is 0.0276. The van der Waals surface area contributed by atoms with Crippen molar-refractivity contribution in [3.8, 4) is 0 Å². The van der Waals surface area contributed by atoms with E-state index in [4.69, 9.17) is 4.74 Å². The molecular formula is C23H18N2O3S. The molecule has 0 amide bonds. The highest BCUT2D eigenvalue weighted by atomic mass is 32.2. The number of Topliss-reactive ketones (excluding diaryl/α,β-unsaturated/α-hetero) is 1. The van der Waals surface area contributed by atoms with Crippen molar-refractivity contribution in [2.75, 3.05) is 6.26 Å². The van der Waals surface area contributed by atoms with Crippen molar-refractivity contribution < 1.29 is 14.3 Å². The minimum Gasteiger partial charge on any atom is -0.444 e. The van der Waals surface area contributed by atoms with Gasteiger partial charge in [-0.05, 0) is 18.4 Å². The molecule has 1 atom stereocenters. The summed E-state index contributed by atoms with van der Waals surface area (Å²) < 4.78 is 7.56. The number of thioether (sulfide) groups is 1. The van der Waals surface area contributed by atoms with E-state index in [0.29, 0.717) is 21.8 Å². The number of benzene rings is 2. The predicted molar refractivity (Wildman–Crippen MR) is 112 cm³/mol. The first-order valence-corrected chi connectivity index (χ1v) is 10.3. The van der Waals surface area contributed by atoms with Crippen molar-refractivity contribution in [3.05, 3.63) is 102 Å². The molecule has 2 aromatic carbocycles. The molecule has 0 aliphatic heterocycles. The Morgan fingerprint density at radius 1 is 0.931 bits per heavy atom. The Bertz CT molecular complexity index is 1160. The van der Waals surface area contributed by atoms with Crippen LogP contribution in [-0.2, 0) is 4.74 Å². The summed E-state index contributed by atoms with van der Waals surface area (Å²) in [5, 5.41) is 0.679. The van der Waals surface area contributed by atoms with Crippen LogP contribution < -0.4 is 0 Å². The van der Waals surface area contributed by atoms with Gasteiger partial charge in [-0.25, -0.2) is 9.78 Å².